The fourth-order valence-corrected chi connectivity index (χ4v) is 6.68. The van der Waals surface area contributed by atoms with Gasteiger partial charge in [-0.2, -0.15) is 0 Å². The van der Waals surface area contributed by atoms with Gasteiger partial charge in [0.25, 0.3) is 5.91 Å². The molecule has 0 saturated carbocycles. The molecule has 1 fully saturated rings. The number of cyclic esters (lactones) is 1. The highest BCUT2D eigenvalue weighted by molar-refractivity contribution is 6.02. The molecule has 1 saturated heterocycles. The van der Waals surface area contributed by atoms with Gasteiger partial charge < -0.3 is 14.3 Å². The van der Waals surface area contributed by atoms with Crippen LogP contribution in [0.5, 0.6) is 5.75 Å². The SMILES string of the molecule is C/C(=N/OCCOc1ccc(CC2OC(=O)N(C(c3ccccc3)(c3ccccc3)c3ccccc3)C2=O)cc1)c1ccc(-c2ccccc2)cc1. The van der Waals surface area contributed by atoms with Crippen LogP contribution in [-0.4, -0.2) is 41.9 Å². The minimum atomic E-state index is -1.23. The molecule has 7 rings (SSSR count). The van der Waals surface area contributed by atoms with E-state index in [2.05, 4.69) is 29.4 Å². The molecule has 1 heterocycles. The molecule has 52 heavy (non-hydrogen) atoms. The Bertz CT molecular complexity index is 2020. The first-order valence-electron chi connectivity index (χ1n) is 17.3. The molecule has 2 amide bonds. The summed E-state index contributed by atoms with van der Waals surface area (Å²) in [5.74, 6) is 0.249. The summed E-state index contributed by atoms with van der Waals surface area (Å²) in [4.78, 5) is 34.9. The van der Waals surface area contributed by atoms with Gasteiger partial charge in [0.2, 0.25) is 0 Å². The van der Waals surface area contributed by atoms with E-state index in [0.29, 0.717) is 12.4 Å². The minimum absolute atomic E-state index is 0.221. The van der Waals surface area contributed by atoms with Gasteiger partial charge in [0.05, 0.1) is 5.71 Å². The van der Waals surface area contributed by atoms with Gasteiger partial charge in [-0.05, 0) is 58.0 Å². The molecule has 0 aromatic heterocycles. The van der Waals surface area contributed by atoms with Crippen LogP contribution < -0.4 is 4.74 Å². The molecule has 7 nitrogen and oxygen atoms in total. The van der Waals surface area contributed by atoms with Crippen molar-refractivity contribution in [3.8, 4) is 16.9 Å². The van der Waals surface area contributed by atoms with Crippen LogP contribution in [0.1, 0.15) is 34.7 Å². The van der Waals surface area contributed by atoms with Crippen LogP contribution in [0.3, 0.4) is 0 Å². The Morgan fingerprint density at radius 1 is 0.635 bits per heavy atom. The molecule has 1 aliphatic rings. The molecule has 1 aliphatic heterocycles. The summed E-state index contributed by atoms with van der Waals surface area (Å²) in [6.07, 6.45) is -1.45. The highest BCUT2D eigenvalue weighted by Crippen LogP contribution is 2.45. The highest BCUT2D eigenvalue weighted by atomic mass is 16.6. The van der Waals surface area contributed by atoms with E-state index in [-0.39, 0.29) is 13.0 Å². The third-order valence-electron chi connectivity index (χ3n) is 9.23. The number of amides is 2. The summed E-state index contributed by atoms with van der Waals surface area (Å²) in [5.41, 5.74) is 6.01. The summed E-state index contributed by atoms with van der Waals surface area (Å²) in [6.45, 7) is 2.49. The van der Waals surface area contributed by atoms with Crippen LogP contribution in [-0.2, 0) is 26.3 Å². The highest BCUT2D eigenvalue weighted by Gasteiger charge is 2.55. The van der Waals surface area contributed by atoms with E-state index in [9.17, 15) is 9.59 Å². The molecule has 6 aromatic rings. The monoisotopic (exact) mass is 686 g/mol. The average Bonchev–Trinajstić information content (AvgIpc) is 3.48. The molecule has 0 aliphatic carbocycles. The van der Waals surface area contributed by atoms with Crippen molar-refractivity contribution in [3.63, 3.8) is 0 Å². The van der Waals surface area contributed by atoms with E-state index < -0.39 is 23.6 Å². The zero-order valence-electron chi connectivity index (χ0n) is 28.8. The second-order valence-corrected chi connectivity index (χ2v) is 12.5. The summed E-state index contributed by atoms with van der Waals surface area (Å²) >= 11 is 0. The van der Waals surface area contributed by atoms with Crippen LogP contribution in [0.2, 0.25) is 0 Å². The van der Waals surface area contributed by atoms with Gasteiger partial charge in [-0.1, -0.05) is 163 Å². The van der Waals surface area contributed by atoms with E-state index in [0.717, 1.165) is 39.1 Å². The zero-order valence-corrected chi connectivity index (χ0v) is 28.8. The number of nitrogens with zero attached hydrogens (tertiary/aromatic N) is 2. The van der Waals surface area contributed by atoms with Gasteiger partial charge in [0, 0.05) is 6.42 Å². The lowest BCUT2D eigenvalue weighted by atomic mass is 9.75. The van der Waals surface area contributed by atoms with Gasteiger partial charge in [-0.25, -0.2) is 9.69 Å². The smallest absolute Gasteiger partial charge is 0.418 e. The number of ether oxygens (including phenoxy) is 2. The maximum absolute atomic E-state index is 14.3. The van der Waals surface area contributed by atoms with Crippen LogP contribution >= 0.6 is 0 Å². The van der Waals surface area contributed by atoms with E-state index in [1.165, 1.54) is 10.5 Å². The van der Waals surface area contributed by atoms with Crippen molar-refractivity contribution in [1.82, 2.24) is 4.90 Å². The molecule has 1 atom stereocenters. The number of oxime groups is 1. The van der Waals surface area contributed by atoms with Crippen LogP contribution in [0.15, 0.2) is 175 Å². The van der Waals surface area contributed by atoms with Crippen LogP contribution in [0.4, 0.5) is 4.79 Å². The summed E-state index contributed by atoms with van der Waals surface area (Å²) < 4.78 is 11.7. The quantitative estimate of drug-likeness (QED) is 0.0525. The first-order chi connectivity index (χ1) is 25.5. The van der Waals surface area contributed by atoms with Crippen molar-refractivity contribution in [2.75, 3.05) is 13.2 Å². The Labute approximate surface area is 303 Å². The molecule has 1 unspecified atom stereocenters. The fourth-order valence-electron chi connectivity index (χ4n) is 6.68. The second kappa shape index (κ2) is 15.6. The molecule has 0 radical (unpaired) electrons. The number of carbonyl (C=O) groups excluding carboxylic acids is 2. The van der Waals surface area contributed by atoms with E-state index in [4.69, 9.17) is 14.3 Å². The first-order valence-corrected chi connectivity index (χ1v) is 17.3. The molecule has 6 aromatic carbocycles. The zero-order chi connectivity index (χ0) is 35.8. The summed E-state index contributed by atoms with van der Waals surface area (Å²) in [5, 5.41) is 4.25. The Morgan fingerprint density at radius 2 is 1.13 bits per heavy atom. The Kier molecular flexibility index (Phi) is 10.2. The lowest BCUT2D eigenvalue weighted by molar-refractivity contribution is -0.132. The van der Waals surface area contributed by atoms with Crippen molar-refractivity contribution in [3.05, 3.63) is 198 Å². The molecule has 7 heteroatoms. The van der Waals surface area contributed by atoms with Crippen LogP contribution in [0, 0.1) is 0 Å². The average molecular weight is 687 g/mol. The normalized spacial score (nSPS) is 14.6. The third-order valence-corrected chi connectivity index (χ3v) is 9.23. The predicted octanol–water partition coefficient (Wildman–Crippen LogP) is 9.06. The molecule has 0 bridgehead atoms. The third kappa shape index (κ3) is 7.07. The number of hydrogen-bond donors (Lipinski definition) is 0. The number of hydrogen-bond acceptors (Lipinski definition) is 6. The molecular weight excluding hydrogens is 649 g/mol. The van der Waals surface area contributed by atoms with E-state index in [1.807, 2.05) is 153 Å². The first kappa shape index (κ1) is 34.0. The minimum Gasteiger partial charge on any atom is -0.490 e. The maximum atomic E-state index is 14.3. The van der Waals surface area contributed by atoms with Gasteiger partial charge in [0.15, 0.2) is 12.7 Å². The van der Waals surface area contributed by atoms with Crippen molar-refractivity contribution < 1.29 is 23.9 Å². The molecule has 0 N–H and O–H groups in total. The van der Waals surface area contributed by atoms with Gasteiger partial charge in [-0.15, -0.1) is 0 Å². The lowest BCUT2D eigenvalue weighted by Crippen LogP contribution is -2.51. The van der Waals surface area contributed by atoms with Crippen molar-refractivity contribution in [1.29, 1.82) is 0 Å². The Balaban J connectivity index is 0.992. The molecule has 258 valence electrons. The summed E-state index contributed by atoms with van der Waals surface area (Å²) in [7, 11) is 0. The largest absolute Gasteiger partial charge is 0.490 e. The standard InChI is InChI=1S/C45H38N2O5/c1-33(35-24-26-37(27-25-35)36-14-6-2-7-15-36)46-51-31-30-50-41-28-22-34(23-29-41)32-42-43(48)47(44(49)52-42)45(38-16-8-3-9-17-38,39-18-10-4-11-19-39)40-20-12-5-13-21-40/h2-29,42H,30-32H2,1H3/b46-33-. The summed E-state index contributed by atoms with van der Waals surface area (Å²) in [6, 6.07) is 54.7. The van der Waals surface area contributed by atoms with Crippen molar-refractivity contribution >= 4 is 17.7 Å². The lowest BCUT2D eigenvalue weighted by Gasteiger charge is -2.40. The number of carbonyl (C=O) groups is 2. The number of benzene rings is 6. The molecule has 0 spiro atoms. The predicted molar refractivity (Wildman–Crippen MR) is 202 cm³/mol. The van der Waals surface area contributed by atoms with Gasteiger partial charge >= 0.3 is 6.09 Å². The fraction of sp³-hybridized carbons (Fsp3) is 0.133. The Morgan fingerprint density at radius 3 is 1.67 bits per heavy atom. The van der Waals surface area contributed by atoms with Crippen molar-refractivity contribution in [2.45, 2.75) is 25.0 Å². The van der Waals surface area contributed by atoms with Gasteiger partial charge in [0.1, 0.15) is 17.9 Å². The van der Waals surface area contributed by atoms with Crippen molar-refractivity contribution in [2.24, 2.45) is 5.16 Å². The van der Waals surface area contributed by atoms with E-state index in [1.54, 1.807) is 0 Å². The second-order valence-electron chi connectivity index (χ2n) is 12.5. The number of rotatable bonds is 13. The number of imide groups is 1. The topological polar surface area (TPSA) is 77.4 Å². The van der Waals surface area contributed by atoms with Gasteiger partial charge in [-0.3, -0.25) is 4.79 Å². The van der Waals surface area contributed by atoms with E-state index >= 15 is 0 Å². The maximum Gasteiger partial charge on any atom is 0.418 e. The van der Waals surface area contributed by atoms with Crippen LogP contribution in [0.25, 0.3) is 11.1 Å². The Hall–Kier alpha value is -6.47. The molecular formula is C45H38N2O5.